The molecule has 0 bridgehead atoms. The van der Waals surface area contributed by atoms with Crippen molar-refractivity contribution in [2.45, 2.75) is 25.3 Å². The van der Waals surface area contributed by atoms with Crippen molar-refractivity contribution in [1.29, 1.82) is 0 Å². The molecule has 5 rings (SSSR count). The van der Waals surface area contributed by atoms with Crippen LogP contribution in [0, 0.1) is 5.82 Å². The number of fused-ring (bicyclic) bond motifs is 1. The smallest absolute Gasteiger partial charge is 0.259 e. The predicted molar refractivity (Wildman–Crippen MR) is 140 cm³/mol. The van der Waals surface area contributed by atoms with Gasteiger partial charge in [-0.2, -0.15) is 31.4 Å². The van der Waals surface area contributed by atoms with Crippen LogP contribution in [-0.2, 0) is 25.3 Å². The van der Waals surface area contributed by atoms with E-state index in [9.17, 15) is 30.7 Å². The van der Waals surface area contributed by atoms with Crippen LogP contribution in [0.1, 0.15) is 27.8 Å². The second-order valence-corrected chi connectivity index (χ2v) is 9.99. The number of benzene rings is 4. The van der Waals surface area contributed by atoms with Gasteiger partial charge in [0.15, 0.2) is 0 Å². The molecule has 0 aliphatic carbocycles. The predicted octanol–water partition coefficient (Wildman–Crippen LogP) is 9.83. The lowest BCUT2D eigenvalue weighted by Gasteiger charge is -2.14. The third-order valence-electron chi connectivity index (χ3n) is 6.38. The molecule has 0 atom stereocenters. The standard InChI is InChI=1S/C29H17Cl2F7N2/c30-20-9-10-23(28(33,34)35)19(13-20)12-16-3-1-4-17(11-16)27-22-5-2-6-24(29(36,37)38)26(22)39-40(27)15-18-7-8-21(31)14-25(18)32/h1-11,13-14H,12,15H2. The quantitative estimate of drug-likeness (QED) is 0.185. The van der Waals surface area contributed by atoms with Crippen LogP contribution in [0.15, 0.2) is 78.9 Å². The summed E-state index contributed by atoms with van der Waals surface area (Å²) in [6.45, 7) is -0.221. The van der Waals surface area contributed by atoms with Crippen molar-refractivity contribution < 1.29 is 30.7 Å². The molecule has 11 heteroatoms. The second-order valence-electron chi connectivity index (χ2n) is 9.12. The van der Waals surface area contributed by atoms with E-state index in [2.05, 4.69) is 5.10 Å². The van der Waals surface area contributed by atoms with Gasteiger partial charge in [-0.05, 0) is 60.0 Å². The van der Waals surface area contributed by atoms with Crippen LogP contribution in [-0.4, -0.2) is 9.78 Å². The zero-order chi connectivity index (χ0) is 28.8. The third-order valence-corrected chi connectivity index (χ3v) is 6.85. The van der Waals surface area contributed by atoms with Crippen molar-refractivity contribution >= 4 is 34.1 Å². The van der Waals surface area contributed by atoms with Gasteiger partial charge >= 0.3 is 12.4 Å². The zero-order valence-electron chi connectivity index (χ0n) is 20.2. The second kappa shape index (κ2) is 10.4. The van der Waals surface area contributed by atoms with E-state index in [4.69, 9.17) is 23.2 Å². The first-order valence-electron chi connectivity index (χ1n) is 11.8. The number of halogens is 9. The highest BCUT2D eigenvalue weighted by molar-refractivity contribution is 6.30. The lowest BCUT2D eigenvalue weighted by atomic mass is 9.96. The fourth-order valence-corrected chi connectivity index (χ4v) is 5.00. The monoisotopic (exact) mass is 596 g/mol. The molecule has 5 aromatic rings. The van der Waals surface area contributed by atoms with E-state index in [1.54, 1.807) is 24.3 Å². The summed E-state index contributed by atoms with van der Waals surface area (Å²) in [5.41, 5.74) is -0.967. The average Bonchev–Trinajstić information content (AvgIpc) is 3.22. The maximum absolute atomic E-state index is 14.7. The number of alkyl halides is 6. The summed E-state index contributed by atoms with van der Waals surface area (Å²) in [4.78, 5) is 0. The van der Waals surface area contributed by atoms with E-state index in [1.807, 2.05) is 0 Å². The van der Waals surface area contributed by atoms with E-state index in [-0.39, 0.29) is 50.7 Å². The van der Waals surface area contributed by atoms with E-state index in [1.165, 1.54) is 35.0 Å². The third kappa shape index (κ3) is 5.67. The van der Waals surface area contributed by atoms with Crippen LogP contribution in [0.25, 0.3) is 22.2 Å². The molecule has 1 heterocycles. The van der Waals surface area contributed by atoms with Crippen molar-refractivity contribution in [3.05, 3.63) is 123 Å². The Kier molecular flexibility index (Phi) is 7.31. The normalized spacial score (nSPS) is 12.3. The molecule has 0 spiro atoms. The van der Waals surface area contributed by atoms with E-state index in [0.29, 0.717) is 11.1 Å². The van der Waals surface area contributed by atoms with Crippen LogP contribution >= 0.6 is 23.2 Å². The lowest BCUT2D eigenvalue weighted by Crippen LogP contribution is -2.09. The number of rotatable bonds is 5. The SMILES string of the molecule is Fc1cc(Cl)ccc1Cn1nc2c(C(F)(F)F)cccc2c1-c1cccc(Cc2cc(Cl)ccc2C(F)(F)F)c1. The summed E-state index contributed by atoms with van der Waals surface area (Å²) in [7, 11) is 0. The molecule has 0 N–H and O–H groups in total. The van der Waals surface area contributed by atoms with Crippen LogP contribution in [0.3, 0.4) is 0 Å². The van der Waals surface area contributed by atoms with Gasteiger partial charge in [0.2, 0.25) is 0 Å². The van der Waals surface area contributed by atoms with Gasteiger partial charge in [0, 0.05) is 26.6 Å². The summed E-state index contributed by atoms with van der Waals surface area (Å²) in [5.74, 6) is -0.663. The molecular formula is C29H17Cl2F7N2. The van der Waals surface area contributed by atoms with E-state index in [0.717, 1.165) is 24.3 Å². The molecular weight excluding hydrogens is 580 g/mol. The van der Waals surface area contributed by atoms with Gasteiger partial charge in [-0.25, -0.2) is 4.39 Å². The van der Waals surface area contributed by atoms with Crippen molar-refractivity contribution in [3.63, 3.8) is 0 Å². The first-order chi connectivity index (χ1) is 18.8. The Balaban J connectivity index is 1.66. The van der Waals surface area contributed by atoms with E-state index >= 15 is 0 Å². The van der Waals surface area contributed by atoms with Crippen molar-refractivity contribution in [1.82, 2.24) is 9.78 Å². The average molecular weight is 597 g/mol. The molecule has 0 amide bonds. The van der Waals surface area contributed by atoms with Crippen LogP contribution in [0.5, 0.6) is 0 Å². The molecule has 206 valence electrons. The molecule has 40 heavy (non-hydrogen) atoms. The molecule has 0 saturated heterocycles. The Hall–Kier alpha value is -3.56. The Bertz CT molecular complexity index is 1720. The van der Waals surface area contributed by atoms with Gasteiger partial charge in [-0.3, -0.25) is 4.68 Å². The summed E-state index contributed by atoms with van der Waals surface area (Å²) in [5, 5.41) is 4.65. The minimum absolute atomic E-state index is 0.0573. The fourth-order valence-electron chi connectivity index (χ4n) is 4.64. The molecule has 0 fully saturated rings. The Morgan fingerprint density at radius 1 is 0.700 bits per heavy atom. The Morgan fingerprint density at radius 3 is 2.08 bits per heavy atom. The Morgan fingerprint density at radius 2 is 1.38 bits per heavy atom. The van der Waals surface area contributed by atoms with Gasteiger partial charge in [-0.1, -0.05) is 59.6 Å². The maximum Gasteiger partial charge on any atom is 0.418 e. The molecule has 4 aromatic carbocycles. The lowest BCUT2D eigenvalue weighted by molar-refractivity contribution is -0.138. The summed E-state index contributed by atoms with van der Waals surface area (Å²) >= 11 is 11.8. The first kappa shape index (κ1) is 28.0. The van der Waals surface area contributed by atoms with Gasteiger partial charge in [-0.15, -0.1) is 0 Å². The van der Waals surface area contributed by atoms with Crippen molar-refractivity contribution in [2.24, 2.45) is 0 Å². The first-order valence-corrected chi connectivity index (χ1v) is 12.5. The molecule has 1 aromatic heterocycles. The molecule has 0 aliphatic heterocycles. The summed E-state index contributed by atoms with van der Waals surface area (Å²) in [6, 6.07) is 17.2. The van der Waals surface area contributed by atoms with Gasteiger partial charge in [0.05, 0.1) is 23.4 Å². The van der Waals surface area contributed by atoms with Gasteiger partial charge < -0.3 is 0 Å². The minimum atomic E-state index is -4.70. The molecule has 0 unspecified atom stereocenters. The fraction of sp³-hybridized carbons (Fsp3) is 0.138. The number of hydrogen-bond donors (Lipinski definition) is 0. The van der Waals surface area contributed by atoms with Gasteiger partial charge in [0.1, 0.15) is 11.3 Å². The highest BCUT2D eigenvalue weighted by Crippen LogP contribution is 2.39. The van der Waals surface area contributed by atoms with Crippen LogP contribution in [0.4, 0.5) is 30.7 Å². The highest BCUT2D eigenvalue weighted by atomic mass is 35.5. The maximum atomic E-state index is 14.7. The van der Waals surface area contributed by atoms with Crippen LogP contribution < -0.4 is 0 Å². The number of nitrogens with zero attached hydrogens (tertiary/aromatic N) is 2. The topological polar surface area (TPSA) is 17.8 Å². The van der Waals surface area contributed by atoms with Crippen molar-refractivity contribution in [3.8, 4) is 11.3 Å². The number of aromatic nitrogens is 2. The molecule has 0 radical (unpaired) electrons. The molecule has 0 aliphatic rings. The highest BCUT2D eigenvalue weighted by Gasteiger charge is 2.35. The largest absolute Gasteiger partial charge is 0.418 e. The molecule has 0 saturated carbocycles. The number of hydrogen-bond acceptors (Lipinski definition) is 1. The van der Waals surface area contributed by atoms with E-state index < -0.39 is 29.3 Å². The molecule has 2 nitrogen and oxygen atoms in total. The summed E-state index contributed by atoms with van der Waals surface area (Å²) < 4.78 is 98.3. The summed E-state index contributed by atoms with van der Waals surface area (Å²) in [6.07, 6.45) is -9.46. The minimum Gasteiger partial charge on any atom is -0.259 e. The Labute approximate surface area is 233 Å². The van der Waals surface area contributed by atoms with Crippen molar-refractivity contribution in [2.75, 3.05) is 0 Å². The van der Waals surface area contributed by atoms with Crippen LogP contribution in [0.2, 0.25) is 10.0 Å². The van der Waals surface area contributed by atoms with Gasteiger partial charge in [0.25, 0.3) is 0 Å². The zero-order valence-corrected chi connectivity index (χ0v) is 21.7.